The molecule has 1 aliphatic heterocycles. The maximum atomic E-state index is 12.9. The van der Waals surface area contributed by atoms with Crippen LogP contribution in [0.3, 0.4) is 0 Å². The lowest BCUT2D eigenvalue weighted by Crippen LogP contribution is -2.22. The van der Waals surface area contributed by atoms with Crippen LogP contribution in [0.15, 0.2) is 84.4 Å². The van der Waals surface area contributed by atoms with Gasteiger partial charge in [-0.05, 0) is 42.7 Å². The quantitative estimate of drug-likeness (QED) is 0.436. The Labute approximate surface area is 186 Å². The van der Waals surface area contributed by atoms with Gasteiger partial charge in [-0.1, -0.05) is 48.5 Å². The topological polar surface area (TPSA) is 50.2 Å². The van der Waals surface area contributed by atoms with E-state index in [2.05, 4.69) is 52.0 Å². The minimum absolute atomic E-state index is 0.131. The third kappa shape index (κ3) is 4.25. The standard InChI is InChI=1S/C25H24N4OS/c30-24(23-14-7-15-28(23)17-19-9-3-1-4-10-19)27-25-26-21(18-31-25)22-13-8-16-29(22)20-11-5-2-6-12-20/h1-7,9-12,14-15,18,22H,8,13,16-17H2,(H,26,27,30)/t22-/m1/s1. The van der Waals surface area contributed by atoms with E-state index in [1.54, 1.807) is 0 Å². The molecule has 156 valence electrons. The number of thiazole rings is 1. The number of carbonyl (C=O) groups is 1. The van der Waals surface area contributed by atoms with E-state index in [9.17, 15) is 4.79 Å². The number of aromatic nitrogens is 2. The highest BCUT2D eigenvalue weighted by Gasteiger charge is 2.28. The fourth-order valence-corrected chi connectivity index (χ4v) is 4.95. The van der Waals surface area contributed by atoms with Crippen LogP contribution < -0.4 is 10.2 Å². The second-order valence-electron chi connectivity index (χ2n) is 7.73. The number of nitrogens with zero attached hydrogens (tertiary/aromatic N) is 3. The van der Waals surface area contributed by atoms with E-state index >= 15 is 0 Å². The molecular weight excluding hydrogens is 404 g/mol. The molecule has 5 nitrogen and oxygen atoms in total. The number of nitrogens with one attached hydrogen (secondary N) is 1. The number of amides is 1. The molecule has 0 radical (unpaired) electrons. The molecule has 1 N–H and O–H groups in total. The van der Waals surface area contributed by atoms with Crippen LogP contribution in [0.2, 0.25) is 0 Å². The molecule has 6 heteroatoms. The molecule has 0 saturated carbocycles. The van der Waals surface area contributed by atoms with E-state index in [0.717, 1.165) is 30.6 Å². The summed E-state index contributed by atoms with van der Waals surface area (Å²) in [5.41, 5.74) is 4.04. The molecule has 1 saturated heterocycles. The molecule has 4 aromatic rings. The van der Waals surface area contributed by atoms with Gasteiger partial charge < -0.3 is 9.47 Å². The van der Waals surface area contributed by atoms with Crippen molar-refractivity contribution in [1.29, 1.82) is 0 Å². The van der Waals surface area contributed by atoms with Crippen molar-refractivity contribution in [3.05, 3.63) is 101 Å². The Morgan fingerprint density at radius 2 is 1.81 bits per heavy atom. The van der Waals surface area contributed by atoms with Crippen LogP contribution in [0, 0.1) is 0 Å². The molecule has 3 heterocycles. The average Bonchev–Trinajstić information content (AvgIpc) is 3.56. The Kier molecular flexibility index (Phi) is 5.54. The lowest BCUT2D eigenvalue weighted by atomic mass is 10.1. The smallest absolute Gasteiger partial charge is 0.274 e. The van der Waals surface area contributed by atoms with Gasteiger partial charge in [0.05, 0.1) is 11.7 Å². The molecule has 2 aromatic carbocycles. The SMILES string of the molecule is O=C(Nc1nc([C@H]2CCCN2c2ccccc2)cs1)c1cccn1Cc1ccccc1. The van der Waals surface area contributed by atoms with Crippen molar-refractivity contribution in [2.45, 2.75) is 25.4 Å². The highest BCUT2D eigenvalue weighted by Crippen LogP contribution is 2.37. The van der Waals surface area contributed by atoms with Crippen molar-refractivity contribution in [2.75, 3.05) is 16.8 Å². The average molecular weight is 429 g/mol. The molecule has 0 spiro atoms. The monoisotopic (exact) mass is 428 g/mol. The molecule has 1 fully saturated rings. The lowest BCUT2D eigenvalue weighted by Gasteiger charge is -2.25. The summed E-state index contributed by atoms with van der Waals surface area (Å²) < 4.78 is 1.97. The first-order valence-corrected chi connectivity index (χ1v) is 11.4. The van der Waals surface area contributed by atoms with E-state index < -0.39 is 0 Å². The molecule has 0 bridgehead atoms. The summed E-state index contributed by atoms with van der Waals surface area (Å²) in [5.74, 6) is -0.131. The fourth-order valence-electron chi connectivity index (χ4n) is 4.20. The van der Waals surface area contributed by atoms with Crippen LogP contribution in [0.1, 0.15) is 40.6 Å². The van der Waals surface area contributed by atoms with Crippen molar-refractivity contribution in [2.24, 2.45) is 0 Å². The van der Waals surface area contributed by atoms with Gasteiger partial charge in [0.1, 0.15) is 5.69 Å². The molecule has 31 heavy (non-hydrogen) atoms. The highest BCUT2D eigenvalue weighted by atomic mass is 32.1. The van der Waals surface area contributed by atoms with Crippen LogP contribution in [0.4, 0.5) is 10.8 Å². The largest absolute Gasteiger partial charge is 0.363 e. The predicted octanol–water partition coefficient (Wildman–Crippen LogP) is 5.59. The van der Waals surface area contributed by atoms with Gasteiger partial charge in [0.2, 0.25) is 0 Å². The molecule has 2 aromatic heterocycles. The number of hydrogen-bond acceptors (Lipinski definition) is 4. The zero-order valence-electron chi connectivity index (χ0n) is 17.1. The number of para-hydroxylation sites is 1. The van der Waals surface area contributed by atoms with E-state index in [4.69, 9.17) is 4.98 Å². The third-order valence-electron chi connectivity index (χ3n) is 5.68. The van der Waals surface area contributed by atoms with Crippen molar-refractivity contribution in [3.8, 4) is 0 Å². The lowest BCUT2D eigenvalue weighted by molar-refractivity contribution is 0.101. The van der Waals surface area contributed by atoms with E-state index in [-0.39, 0.29) is 11.9 Å². The van der Waals surface area contributed by atoms with Crippen LogP contribution in [-0.2, 0) is 6.54 Å². The second-order valence-corrected chi connectivity index (χ2v) is 8.58. The normalized spacial score (nSPS) is 15.9. The van der Waals surface area contributed by atoms with E-state index in [1.807, 2.05) is 47.2 Å². The van der Waals surface area contributed by atoms with Crippen molar-refractivity contribution < 1.29 is 4.79 Å². The second kappa shape index (κ2) is 8.78. The van der Waals surface area contributed by atoms with E-state index in [1.165, 1.54) is 17.0 Å². The zero-order chi connectivity index (χ0) is 21.0. The van der Waals surface area contributed by atoms with Crippen LogP contribution >= 0.6 is 11.3 Å². The molecule has 0 aliphatic carbocycles. The summed E-state index contributed by atoms with van der Waals surface area (Å²) in [7, 11) is 0. The Balaban J connectivity index is 1.29. The van der Waals surface area contributed by atoms with Crippen LogP contribution in [-0.4, -0.2) is 22.0 Å². The number of carbonyl (C=O) groups excluding carboxylic acids is 1. The van der Waals surface area contributed by atoms with Gasteiger partial charge in [-0.2, -0.15) is 0 Å². The Morgan fingerprint density at radius 3 is 2.61 bits per heavy atom. The third-order valence-corrected chi connectivity index (χ3v) is 6.46. The van der Waals surface area contributed by atoms with Gasteiger partial charge >= 0.3 is 0 Å². The van der Waals surface area contributed by atoms with Gasteiger partial charge in [-0.3, -0.25) is 10.1 Å². The first kappa shape index (κ1) is 19.6. The Morgan fingerprint density at radius 1 is 1.03 bits per heavy atom. The summed E-state index contributed by atoms with van der Waals surface area (Å²) in [4.78, 5) is 20.1. The van der Waals surface area contributed by atoms with Gasteiger partial charge in [0.15, 0.2) is 5.13 Å². The summed E-state index contributed by atoms with van der Waals surface area (Å²) >= 11 is 1.49. The molecule has 1 aliphatic rings. The van der Waals surface area contributed by atoms with Crippen LogP contribution in [0.5, 0.6) is 0 Å². The highest BCUT2D eigenvalue weighted by molar-refractivity contribution is 7.14. The molecular formula is C25H24N4OS. The Bertz CT molecular complexity index is 1150. The predicted molar refractivity (Wildman–Crippen MR) is 126 cm³/mol. The maximum absolute atomic E-state index is 12.9. The van der Waals surface area contributed by atoms with Gasteiger partial charge in [0.25, 0.3) is 5.91 Å². The molecule has 5 rings (SSSR count). The number of benzene rings is 2. The van der Waals surface area contributed by atoms with Gasteiger partial charge in [-0.15, -0.1) is 11.3 Å². The number of rotatable bonds is 6. The first-order valence-electron chi connectivity index (χ1n) is 10.6. The maximum Gasteiger partial charge on any atom is 0.274 e. The molecule has 1 atom stereocenters. The molecule has 1 amide bonds. The van der Waals surface area contributed by atoms with Crippen molar-refractivity contribution in [3.63, 3.8) is 0 Å². The first-order chi connectivity index (χ1) is 15.3. The van der Waals surface area contributed by atoms with Gasteiger partial charge in [-0.25, -0.2) is 4.98 Å². The summed E-state index contributed by atoms with van der Waals surface area (Å²) in [6, 6.07) is 24.6. The minimum atomic E-state index is -0.131. The number of hydrogen-bond donors (Lipinski definition) is 1. The van der Waals surface area contributed by atoms with Crippen LogP contribution in [0.25, 0.3) is 0 Å². The Hall–Kier alpha value is -3.38. The van der Waals surface area contributed by atoms with Crippen molar-refractivity contribution in [1.82, 2.24) is 9.55 Å². The summed E-state index contributed by atoms with van der Waals surface area (Å²) in [6.07, 6.45) is 4.16. The minimum Gasteiger partial charge on any atom is -0.363 e. The van der Waals surface area contributed by atoms with Gasteiger partial charge in [0, 0.05) is 30.4 Å². The van der Waals surface area contributed by atoms with E-state index in [0.29, 0.717) is 17.4 Å². The fraction of sp³-hybridized carbons (Fsp3) is 0.200. The number of anilines is 2. The summed E-state index contributed by atoms with van der Waals surface area (Å²) in [5, 5.41) is 5.72. The summed E-state index contributed by atoms with van der Waals surface area (Å²) in [6.45, 7) is 1.69. The molecule has 0 unspecified atom stereocenters. The zero-order valence-corrected chi connectivity index (χ0v) is 18.0. The van der Waals surface area contributed by atoms with Crippen molar-refractivity contribution >= 4 is 28.1 Å².